The number of hydrogen-bond donors (Lipinski definition) is 1. The van der Waals surface area contributed by atoms with Gasteiger partial charge in [-0.05, 0) is 35.7 Å². The Labute approximate surface area is 117 Å². The molecule has 0 spiro atoms. The molecule has 1 N–H and O–H groups in total. The van der Waals surface area contributed by atoms with E-state index in [9.17, 15) is 0 Å². The number of ether oxygens (including phenoxy) is 1. The van der Waals surface area contributed by atoms with Crippen LogP contribution in [0.5, 0.6) is 5.75 Å². The molecule has 2 aromatic rings. The Bertz CT molecular complexity index is 499. The van der Waals surface area contributed by atoms with Crippen molar-refractivity contribution in [2.75, 3.05) is 13.7 Å². The van der Waals surface area contributed by atoms with Crippen molar-refractivity contribution >= 4 is 22.9 Å². The van der Waals surface area contributed by atoms with Crippen molar-refractivity contribution in [1.82, 2.24) is 5.32 Å². The first-order valence-electron chi connectivity index (χ1n) is 5.86. The lowest BCUT2D eigenvalue weighted by atomic mass is 10.0. The monoisotopic (exact) mass is 281 g/mol. The molecular weight excluding hydrogens is 266 g/mol. The van der Waals surface area contributed by atoms with Crippen LogP contribution in [0.4, 0.5) is 0 Å². The molecule has 1 atom stereocenters. The zero-order chi connectivity index (χ0) is 13.0. The maximum absolute atomic E-state index is 6.34. The van der Waals surface area contributed by atoms with Crippen molar-refractivity contribution in [1.29, 1.82) is 0 Å². The van der Waals surface area contributed by atoms with Gasteiger partial charge in [0.15, 0.2) is 0 Å². The molecule has 0 fully saturated rings. The van der Waals surface area contributed by atoms with Crippen LogP contribution in [0.15, 0.2) is 35.7 Å². The van der Waals surface area contributed by atoms with Crippen molar-refractivity contribution in [2.24, 2.45) is 0 Å². The van der Waals surface area contributed by atoms with Crippen LogP contribution >= 0.6 is 22.9 Å². The Morgan fingerprint density at radius 3 is 2.78 bits per heavy atom. The zero-order valence-electron chi connectivity index (χ0n) is 10.4. The van der Waals surface area contributed by atoms with Crippen LogP contribution in [-0.2, 0) is 0 Å². The standard InChI is InChI=1S/C14H16ClNOS/c1-3-16-14(13-5-4-8-18-13)11-7-6-10(17-2)9-12(11)15/h4-9,14,16H,3H2,1-2H3. The number of hydrogen-bond acceptors (Lipinski definition) is 3. The second-order valence-electron chi connectivity index (χ2n) is 3.89. The van der Waals surface area contributed by atoms with Gasteiger partial charge in [-0.3, -0.25) is 0 Å². The molecule has 1 heterocycles. The summed E-state index contributed by atoms with van der Waals surface area (Å²) in [7, 11) is 1.65. The average Bonchev–Trinajstić information content (AvgIpc) is 2.90. The Hall–Kier alpha value is -1.03. The van der Waals surface area contributed by atoms with E-state index in [-0.39, 0.29) is 6.04 Å². The molecule has 2 rings (SSSR count). The summed E-state index contributed by atoms with van der Waals surface area (Å²) in [4.78, 5) is 1.27. The number of halogens is 1. The predicted molar refractivity (Wildman–Crippen MR) is 77.8 cm³/mol. The third-order valence-electron chi connectivity index (χ3n) is 2.75. The lowest BCUT2D eigenvalue weighted by molar-refractivity contribution is 0.414. The molecule has 0 saturated heterocycles. The first-order valence-corrected chi connectivity index (χ1v) is 7.12. The van der Waals surface area contributed by atoms with Gasteiger partial charge in [0.05, 0.1) is 13.2 Å². The highest BCUT2D eigenvalue weighted by atomic mass is 35.5. The first-order chi connectivity index (χ1) is 8.76. The van der Waals surface area contributed by atoms with E-state index in [1.165, 1.54) is 4.88 Å². The van der Waals surface area contributed by atoms with Crippen LogP contribution in [0.1, 0.15) is 23.4 Å². The maximum Gasteiger partial charge on any atom is 0.120 e. The summed E-state index contributed by atoms with van der Waals surface area (Å²) in [5, 5.41) is 6.28. The summed E-state index contributed by atoms with van der Waals surface area (Å²) < 4.78 is 5.18. The molecule has 1 aromatic heterocycles. The Balaban J connectivity index is 2.37. The zero-order valence-corrected chi connectivity index (χ0v) is 12.0. The highest BCUT2D eigenvalue weighted by Crippen LogP contribution is 2.32. The number of thiophene rings is 1. The highest BCUT2D eigenvalue weighted by Gasteiger charge is 2.17. The molecule has 2 nitrogen and oxygen atoms in total. The normalized spacial score (nSPS) is 12.4. The van der Waals surface area contributed by atoms with Gasteiger partial charge in [-0.25, -0.2) is 0 Å². The van der Waals surface area contributed by atoms with E-state index in [2.05, 4.69) is 29.8 Å². The molecule has 0 aliphatic carbocycles. The second kappa shape index (κ2) is 6.23. The van der Waals surface area contributed by atoms with Crippen molar-refractivity contribution in [3.05, 3.63) is 51.2 Å². The van der Waals surface area contributed by atoms with Crippen LogP contribution in [-0.4, -0.2) is 13.7 Å². The topological polar surface area (TPSA) is 21.3 Å². The van der Waals surface area contributed by atoms with Gasteiger partial charge in [-0.1, -0.05) is 30.7 Å². The van der Waals surface area contributed by atoms with Crippen molar-refractivity contribution in [3.63, 3.8) is 0 Å². The van der Waals surface area contributed by atoms with Crippen LogP contribution in [0.25, 0.3) is 0 Å². The predicted octanol–water partition coefficient (Wildman–Crippen LogP) is 4.11. The Kier molecular flexibility index (Phi) is 4.64. The van der Waals surface area contributed by atoms with E-state index in [0.29, 0.717) is 0 Å². The summed E-state index contributed by atoms with van der Waals surface area (Å²) in [6.45, 7) is 2.99. The molecule has 0 amide bonds. The molecule has 0 aliphatic rings. The van der Waals surface area contributed by atoms with Crippen molar-refractivity contribution in [3.8, 4) is 5.75 Å². The summed E-state index contributed by atoms with van der Waals surface area (Å²) >= 11 is 8.07. The highest BCUT2D eigenvalue weighted by molar-refractivity contribution is 7.10. The Morgan fingerprint density at radius 2 is 2.22 bits per heavy atom. The maximum atomic E-state index is 6.34. The first kappa shape index (κ1) is 13.4. The van der Waals surface area contributed by atoms with Gasteiger partial charge in [0.25, 0.3) is 0 Å². The quantitative estimate of drug-likeness (QED) is 0.890. The summed E-state index contributed by atoms with van der Waals surface area (Å²) in [6.07, 6.45) is 0. The molecule has 18 heavy (non-hydrogen) atoms. The SMILES string of the molecule is CCNC(c1cccs1)c1ccc(OC)cc1Cl. The number of benzene rings is 1. The summed E-state index contributed by atoms with van der Waals surface area (Å²) in [6, 6.07) is 10.1. The van der Waals surface area contributed by atoms with Gasteiger partial charge in [0, 0.05) is 9.90 Å². The van der Waals surface area contributed by atoms with Gasteiger partial charge in [-0.2, -0.15) is 0 Å². The van der Waals surface area contributed by atoms with Gasteiger partial charge in [0.1, 0.15) is 5.75 Å². The van der Waals surface area contributed by atoms with E-state index >= 15 is 0 Å². The Morgan fingerprint density at radius 1 is 1.39 bits per heavy atom. The van der Waals surface area contributed by atoms with Gasteiger partial charge >= 0.3 is 0 Å². The molecule has 0 saturated carbocycles. The molecule has 4 heteroatoms. The van der Waals surface area contributed by atoms with E-state index < -0.39 is 0 Å². The van der Waals surface area contributed by atoms with Crippen LogP contribution in [0, 0.1) is 0 Å². The molecule has 96 valence electrons. The van der Waals surface area contributed by atoms with E-state index in [0.717, 1.165) is 22.9 Å². The van der Waals surface area contributed by atoms with Crippen LogP contribution in [0.3, 0.4) is 0 Å². The fourth-order valence-electron chi connectivity index (χ4n) is 1.89. The number of nitrogens with one attached hydrogen (secondary N) is 1. The molecular formula is C14H16ClNOS. The van der Waals surface area contributed by atoms with Crippen molar-refractivity contribution in [2.45, 2.75) is 13.0 Å². The molecule has 1 unspecified atom stereocenters. The lowest BCUT2D eigenvalue weighted by Crippen LogP contribution is -2.21. The molecule has 0 aliphatic heterocycles. The van der Waals surface area contributed by atoms with E-state index in [1.54, 1.807) is 18.4 Å². The molecule has 1 aromatic carbocycles. The summed E-state index contributed by atoms with van der Waals surface area (Å²) in [5.74, 6) is 0.783. The van der Waals surface area contributed by atoms with Crippen molar-refractivity contribution < 1.29 is 4.74 Å². The minimum Gasteiger partial charge on any atom is -0.497 e. The minimum atomic E-state index is 0.147. The fraction of sp³-hybridized carbons (Fsp3) is 0.286. The van der Waals surface area contributed by atoms with Gasteiger partial charge in [0.2, 0.25) is 0 Å². The average molecular weight is 282 g/mol. The number of methoxy groups -OCH3 is 1. The molecule has 0 radical (unpaired) electrons. The van der Waals surface area contributed by atoms with Gasteiger partial charge in [-0.15, -0.1) is 11.3 Å². The summed E-state index contributed by atoms with van der Waals surface area (Å²) in [5.41, 5.74) is 1.08. The smallest absolute Gasteiger partial charge is 0.120 e. The van der Waals surface area contributed by atoms with Crippen LogP contribution in [0.2, 0.25) is 5.02 Å². The van der Waals surface area contributed by atoms with E-state index in [4.69, 9.17) is 16.3 Å². The second-order valence-corrected chi connectivity index (χ2v) is 5.28. The third kappa shape index (κ3) is 2.86. The third-order valence-corrected chi connectivity index (χ3v) is 4.02. The molecule has 0 bridgehead atoms. The van der Waals surface area contributed by atoms with Gasteiger partial charge < -0.3 is 10.1 Å². The lowest BCUT2D eigenvalue weighted by Gasteiger charge is -2.18. The fourth-order valence-corrected chi connectivity index (χ4v) is 2.99. The minimum absolute atomic E-state index is 0.147. The largest absolute Gasteiger partial charge is 0.497 e. The van der Waals surface area contributed by atoms with E-state index in [1.807, 2.05) is 18.2 Å². The van der Waals surface area contributed by atoms with Crippen LogP contribution < -0.4 is 10.1 Å². The number of rotatable bonds is 5.